The van der Waals surface area contributed by atoms with Gasteiger partial charge in [0.15, 0.2) is 0 Å². The van der Waals surface area contributed by atoms with Crippen LogP contribution in [0, 0.1) is 0 Å². The summed E-state index contributed by atoms with van der Waals surface area (Å²) in [5.41, 5.74) is -0.948. The molecule has 0 saturated heterocycles. The maximum Gasteiger partial charge on any atom is 0.361 e. The first-order chi connectivity index (χ1) is 9.38. The number of aliphatic carboxylic acids is 1. The average molecular weight is 301 g/mol. The predicted molar refractivity (Wildman–Crippen MR) is 66.7 cm³/mol. The lowest BCUT2D eigenvalue weighted by atomic mass is 10.2. The highest BCUT2D eigenvalue weighted by atomic mass is 32.2. The summed E-state index contributed by atoms with van der Waals surface area (Å²) in [6.45, 7) is -0.980. The molecule has 0 unspecified atom stereocenters. The zero-order chi connectivity index (χ0) is 15.2. The second kappa shape index (κ2) is 6.78. The largest absolute Gasteiger partial charge is 0.476 e. The highest BCUT2D eigenvalue weighted by Crippen LogP contribution is 2.11. The van der Waals surface area contributed by atoms with Crippen molar-refractivity contribution in [2.75, 3.05) is 13.7 Å². The lowest BCUT2D eigenvalue weighted by Crippen LogP contribution is -2.28. The van der Waals surface area contributed by atoms with Gasteiger partial charge in [-0.25, -0.2) is 4.79 Å². The quantitative estimate of drug-likeness (QED) is 0.327. The second-order valence-electron chi connectivity index (χ2n) is 3.38. The standard InChI is InChI=1S/C11H11NO7S/c1-18-12-10(11(14)15)9(13)7-19-20(16,17)8-5-3-2-4-6-8/h2-6H,7H2,1H3,(H,14,15)/b12-10-. The fourth-order valence-corrected chi connectivity index (χ4v) is 2.04. The normalized spacial score (nSPS) is 11.9. The SMILES string of the molecule is CO/N=C(\C(=O)O)C(=O)COS(=O)(=O)c1ccccc1. The Morgan fingerprint density at radius 3 is 2.35 bits per heavy atom. The monoisotopic (exact) mass is 301 g/mol. The third-order valence-corrected chi connectivity index (χ3v) is 3.30. The highest BCUT2D eigenvalue weighted by Gasteiger charge is 2.24. The lowest BCUT2D eigenvalue weighted by molar-refractivity contribution is -0.130. The molecule has 9 heteroatoms. The van der Waals surface area contributed by atoms with Crippen molar-refractivity contribution >= 4 is 27.6 Å². The third-order valence-electron chi connectivity index (χ3n) is 2.03. The van der Waals surface area contributed by atoms with E-state index in [-0.39, 0.29) is 4.90 Å². The third kappa shape index (κ3) is 4.14. The molecule has 1 rings (SSSR count). The van der Waals surface area contributed by atoms with Gasteiger partial charge in [0, 0.05) is 0 Å². The van der Waals surface area contributed by atoms with Gasteiger partial charge in [0.1, 0.15) is 13.7 Å². The van der Waals surface area contributed by atoms with Crippen LogP contribution in [0.15, 0.2) is 40.4 Å². The van der Waals surface area contributed by atoms with Crippen molar-refractivity contribution in [3.63, 3.8) is 0 Å². The summed E-state index contributed by atoms with van der Waals surface area (Å²) in [5, 5.41) is 11.7. The number of benzene rings is 1. The highest BCUT2D eigenvalue weighted by molar-refractivity contribution is 7.86. The van der Waals surface area contributed by atoms with E-state index in [4.69, 9.17) is 5.11 Å². The molecule has 0 aliphatic carbocycles. The molecule has 0 bridgehead atoms. The van der Waals surface area contributed by atoms with Crippen molar-refractivity contribution in [2.24, 2.45) is 5.16 Å². The van der Waals surface area contributed by atoms with Gasteiger partial charge in [0.25, 0.3) is 10.1 Å². The number of Topliss-reactive ketones (excluding diaryl/α,β-unsaturated/α-hetero) is 1. The van der Waals surface area contributed by atoms with E-state index in [1.54, 1.807) is 6.07 Å². The van der Waals surface area contributed by atoms with Crippen molar-refractivity contribution in [1.82, 2.24) is 0 Å². The average Bonchev–Trinajstić information content (AvgIpc) is 2.43. The molecule has 0 atom stereocenters. The van der Waals surface area contributed by atoms with Crippen LogP contribution in [0.25, 0.3) is 0 Å². The van der Waals surface area contributed by atoms with Gasteiger partial charge in [-0.05, 0) is 12.1 Å². The van der Waals surface area contributed by atoms with Crippen LogP contribution >= 0.6 is 0 Å². The minimum atomic E-state index is -4.14. The molecule has 8 nitrogen and oxygen atoms in total. The lowest BCUT2D eigenvalue weighted by Gasteiger charge is -2.04. The van der Waals surface area contributed by atoms with Crippen LogP contribution < -0.4 is 0 Å². The number of rotatable bonds is 7. The zero-order valence-corrected chi connectivity index (χ0v) is 11.2. The summed E-state index contributed by atoms with van der Waals surface area (Å²) in [4.78, 5) is 26.2. The summed E-state index contributed by atoms with van der Waals surface area (Å²) < 4.78 is 27.9. The van der Waals surface area contributed by atoms with E-state index < -0.39 is 34.2 Å². The van der Waals surface area contributed by atoms with E-state index in [0.29, 0.717) is 0 Å². The van der Waals surface area contributed by atoms with E-state index >= 15 is 0 Å². The molecule has 0 aromatic heterocycles. The van der Waals surface area contributed by atoms with Gasteiger partial charge in [0.2, 0.25) is 11.5 Å². The minimum Gasteiger partial charge on any atom is -0.476 e. The first-order valence-corrected chi connectivity index (χ1v) is 6.61. The molecule has 0 spiro atoms. The van der Waals surface area contributed by atoms with E-state index in [9.17, 15) is 18.0 Å². The summed E-state index contributed by atoms with van der Waals surface area (Å²) in [5.74, 6) is -2.77. The Kier molecular flexibility index (Phi) is 5.35. The van der Waals surface area contributed by atoms with Crippen LogP contribution in [-0.2, 0) is 28.7 Å². The van der Waals surface area contributed by atoms with Crippen LogP contribution in [0.4, 0.5) is 0 Å². The number of carboxylic acid groups (broad SMARTS) is 1. The molecular weight excluding hydrogens is 290 g/mol. The van der Waals surface area contributed by atoms with Crippen molar-refractivity contribution in [3.8, 4) is 0 Å². The Morgan fingerprint density at radius 1 is 1.25 bits per heavy atom. The van der Waals surface area contributed by atoms with E-state index in [0.717, 1.165) is 7.11 Å². The number of carbonyl (C=O) groups is 2. The molecule has 108 valence electrons. The van der Waals surface area contributed by atoms with Gasteiger partial charge in [-0.3, -0.25) is 8.98 Å². The second-order valence-corrected chi connectivity index (χ2v) is 5.00. The molecule has 0 aliphatic rings. The maximum absolute atomic E-state index is 11.7. The van der Waals surface area contributed by atoms with Crippen molar-refractivity contribution in [3.05, 3.63) is 30.3 Å². The molecule has 1 N–H and O–H groups in total. The summed E-state index contributed by atoms with van der Waals surface area (Å²) in [6.07, 6.45) is 0. The van der Waals surface area contributed by atoms with Crippen LogP contribution in [0.2, 0.25) is 0 Å². The number of hydrogen-bond donors (Lipinski definition) is 1. The van der Waals surface area contributed by atoms with Crippen LogP contribution in [-0.4, -0.2) is 44.7 Å². The molecular formula is C11H11NO7S. The van der Waals surface area contributed by atoms with E-state index in [1.807, 2.05) is 0 Å². The van der Waals surface area contributed by atoms with Crippen molar-refractivity contribution < 1.29 is 32.1 Å². The van der Waals surface area contributed by atoms with Crippen LogP contribution in [0.1, 0.15) is 0 Å². The van der Waals surface area contributed by atoms with Crippen molar-refractivity contribution in [1.29, 1.82) is 0 Å². The number of nitrogens with zero attached hydrogens (tertiary/aromatic N) is 1. The molecule has 0 radical (unpaired) electrons. The maximum atomic E-state index is 11.7. The number of hydrogen-bond acceptors (Lipinski definition) is 7. The van der Waals surface area contributed by atoms with Crippen LogP contribution in [0.3, 0.4) is 0 Å². The van der Waals surface area contributed by atoms with Gasteiger partial charge in [0.05, 0.1) is 4.90 Å². The molecule has 20 heavy (non-hydrogen) atoms. The Hall–Kier alpha value is -2.26. The van der Waals surface area contributed by atoms with Crippen molar-refractivity contribution in [2.45, 2.75) is 4.90 Å². The molecule has 0 amide bonds. The molecule has 0 aliphatic heterocycles. The topological polar surface area (TPSA) is 119 Å². The Labute approximate surface area is 114 Å². The Balaban J connectivity index is 2.79. The molecule has 1 aromatic carbocycles. The van der Waals surface area contributed by atoms with Gasteiger partial charge in [-0.2, -0.15) is 8.42 Å². The van der Waals surface area contributed by atoms with E-state index in [1.165, 1.54) is 24.3 Å². The minimum absolute atomic E-state index is 0.145. The first kappa shape index (κ1) is 15.8. The first-order valence-electron chi connectivity index (χ1n) is 5.20. The smallest absolute Gasteiger partial charge is 0.361 e. The predicted octanol–water partition coefficient (Wildman–Crippen LogP) is 0.0480. The molecule has 1 aromatic rings. The number of ketones is 1. The fourth-order valence-electron chi connectivity index (χ4n) is 1.16. The van der Waals surface area contributed by atoms with Gasteiger partial charge >= 0.3 is 5.97 Å². The summed E-state index contributed by atoms with van der Waals surface area (Å²) in [7, 11) is -3.09. The Morgan fingerprint density at radius 2 is 1.85 bits per heavy atom. The molecule has 0 heterocycles. The zero-order valence-electron chi connectivity index (χ0n) is 10.3. The van der Waals surface area contributed by atoms with Gasteiger partial charge in [-0.15, -0.1) is 0 Å². The fraction of sp³-hybridized carbons (Fsp3) is 0.182. The Bertz CT molecular complexity index is 621. The molecule has 0 saturated carbocycles. The number of carbonyl (C=O) groups excluding carboxylic acids is 1. The summed E-state index contributed by atoms with van der Waals surface area (Å²) in [6, 6.07) is 7.13. The number of oxime groups is 1. The summed E-state index contributed by atoms with van der Waals surface area (Å²) >= 11 is 0. The van der Waals surface area contributed by atoms with E-state index in [2.05, 4.69) is 14.2 Å². The van der Waals surface area contributed by atoms with Gasteiger partial charge in [-0.1, -0.05) is 23.4 Å². The van der Waals surface area contributed by atoms with Crippen LogP contribution in [0.5, 0.6) is 0 Å². The van der Waals surface area contributed by atoms with Gasteiger partial charge < -0.3 is 9.94 Å². The number of carboxylic acids is 1. The molecule has 0 fully saturated rings.